The highest BCUT2D eigenvalue weighted by Crippen LogP contribution is 2.12. The van der Waals surface area contributed by atoms with Crippen LogP contribution in [0, 0.1) is 5.82 Å². The van der Waals surface area contributed by atoms with Crippen molar-refractivity contribution in [2.75, 3.05) is 10.6 Å². The molecule has 0 aliphatic carbocycles. The molecule has 3 rings (SSSR count). The van der Waals surface area contributed by atoms with Gasteiger partial charge in [-0.3, -0.25) is 9.78 Å². The van der Waals surface area contributed by atoms with Crippen LogP contribution >= 0.6 is 0 Å². The number of hydrogen-bond donors (Lipinski definition) is 2. The van der Waals surface area contributed by atoms with Gasteiger partial charge in [0.2, 0.25) is 5.91 Å². The number of nitrogens with one attached hydrogen (secondary N) is 2. The van der Waals surface area contributed by atoms with Gasteiger partial charge >= 0.3 is 0 Å². The van der Waals surface area contributed by atoms with Gasteiger partial charge in [0.1, 0.15) is 11.6 Å². The van der Waals surface area contributed by atoms with Crippen LogP contribution in [0.3, 0.4) is 0 Å². The Balaban J connectivity index is 1.52. The number of carbonyl (C=O) groups is 1. The molecule has 0 saturated heterocycles. The van der Waals surface area contributed by atoms with Crippen molar-refractivity contribution in [3.63, 3.8) is 0 Å². The summed E-state index contributed by atoms with van der Waals surface area (Å²) in [5, 5.41) is 5.91. The zero-order valence-electron chi connectivity index (χ0n) is 13.4. The fraction of sp³-hybridized carbons (Fsp3) is 0.105. The molecule has 1 amide bonds. The van der Waals surface area contributed by atoms with E-state index in [1.807, 2.05) is 18.2 Å². The number of pyridine rings is 2. The lowest BCUT2D eigenvalue weighted by Crippen LogP contribution is -2.14. The van der Waals surface area contributed by atoms with E-state index in [-0.39, 0.29) is 18.1 Å². The topological polar surface area (TPSA) is 66.9 Å². The van der Waals surface area contributed by atoms with E-state index in [1.54, 1.807) is 36.7 Å². The summed E-state index contributed by atoms with van der Waals surface area (Å²) in [6, 6.07) is 15.3. The van der Waals surface area contributed by atoms with E-state index in [1.165, 1.54) is 12.1 Å². The van der Waals surface area contributed by atoms with Crippen LogP contribution in [0.15, 0.2) is 67.0 Å². The van der Waals surface area contributed by atoms with Gasteiger partial charge in [-0.05, 0) is 42.0 Å². The molecule has 0 fully saturated rings. The summed E-state index contributed by atoms with van der Waals surface area (Å²) in [6.45, 7) is 0.569. The lowest BCUT2D eigenvalue weighted by molar-refractivity contribution is -0.115. The molecule has 2 N–H and O–H groups in total. The quantitative estimate of drug-likeness (QED) is 0.724. The minimum absolute atomic E-state index is 0.109. The van der Waals surface area contributed by atoms with Gasteiger partial charge in [-0.1, -0.05) is 18.2 Å². The molecule has 0 saturated carbocycles. The van der Waals surface area contributed by atoms with Crippen molar-refractivity contribution < 1.29 is 9.18 Å². The molecule has 2 aromatic heterocycles. The summed E-state index contributed by atoms with van der Waals surface area (Å²) in [5.41, 5.74) is 2.13. The van der Waals surface area contributed by atoms with Crippen molar-refractivity contribution in [3.8, 4) is 0 Å². The first-order chi connectivity index (χ1) is 12.2. The normalized spacial score (nSPS) is 10.3. The maximum atomic E-state index is 13.1. The van der Waals surface area contributed by atoms with Crippen molar-refractivity contribution in [2.24, 2.45) is 0 Å². The van der Waals surface area contributed by atoms with Gasteiger partial charge in [0.25, 0.3) is 0 Å². The highest BCUT2D eigenvalue weighted by Gasteiger charge is 2.05. The molecule has 3 aromatic rings. The minimum Gasteiger partial charge on any atom is -0.364 e. The van der Waals surface area contributed by atoms with Crippen LogP contribution in [0.4, 0.5) is 15.9 Å². The van der Waals surface area contributed by atoms with Gasteiger partial charge in [-0.2, -0.15) is 0 Å². The van der Waals surface area contributed by atoms with E-state index in [0.717, 1.165) is 5.69 Å². The maximum absolute atomic E-state index is 13.1. The molecule has 0 radical (unpaired) electrons. The first-order valence-corrected chi connectivity index (χ1v) is 7.83. The second-order valence-corrected chi connectivity index (χ2v) is 5.46. The van der Waals surface area contributed by atoms with Crippen molar-refractivity contribution >= 4 is 17.4 Å². The van der Waals surface area contributed by atoms with E-state index in [4.69, 9.17) is 0 Å². The molecule has 0 aliphatic heterocycles. The first kappa shape index (κ1) is 16.6. The Bertz CT molecular complexity index is 838. The van der Waals surface area contributed by atoms with Crippen LogP contribution < -0.4 is 10.6 Å². The van der Waals surface area contributed by atoms with Crippen molar-refractivity contribution in [1.82, 2.24) is 9.97 Å². The zero-order chi connectivity index (χ0) is 17.5. The lowest BCUT2D eigenvalue weighted by Gasteiger charge is -2.08. The third kappa shape index (κ3) is 5.10. The number of nitrogens with zero attached hydrogens (tertiary/aromatic N) is 2. The molecule has 0 aliphatic rings. The molecule has 126 valence electrons. The van der Waals surface area contributed by atoms with Crippen LogP contribution in [0.5, 0.6) is 0 Å². The molecule has 0 unspecified atom stereocenters. The monoisotopic (exact) mass is 336 g/mol. The van der Waals surface area contributed by atoms with Gasteiger partial charge in [0.15, 0.2) is 0 Å². The van der Waals surface area contributed by atoms with Crippen LogP contribution in [-0.2, 0) is 17.8 Å². The fourth-order valence-corrected chi connectivity index (χ4v) is 2.29. The second-order valence-electron chi connectivity index (χ2n) is 5.46. The predicted octanol–water partition coefficient (Wildman–Crippen LogP) is 3.41. The Hall–Kier alpha value is -3.28. The molecule has 0 bridgehead atoms. The van der Waals surface area contributed by atoms with Crippen LogP contribution in [-0.4, -0.2) is 15.9 Å². The molecule has 2 heterocycles. The van der Waals surface area contributed by atoms with Crippen LogP contribution in [0.2, 0.25) is 0 Å². The van der Waals surface area contributed by atoms with E-state index in [2.05, 4.69) is 20.6 Å². The third-order valence-electron chi connectivity index (χ3n) is 3.48. The first-order valence-electron chi connectivity index (χ1n) is 7.83. The van der Waals surface area contributed by atoms with Crippen LogP contribution in [0.1, 0.15) is 11.3 Å². The van der Waals surface area contributed by atoms with Gasteiger partial charge in [0.05, 0.1) is 30.5 Å². The molecule has 5 nitrogen and oxygen atoms in total. The third-order valence-corrected chi connectivity index (χ3v) is 3.48. The molecule has 6 heteroatoms. The Morgan fingerprint density at radius 2 is 1.96 bits per heavy atom. The van der Waals surface area contributed by atoms with Gasteiger partial charge in [-0.25, -0.2) is 9.37 Å². The molecular formula is C19H17FN4O. The SMILES string of the molecule is O=C(Cc1cccc(F)c1)Nc1ccc(NCc2ccccn2)nc1. The smallest absolute Gasteiger partial charge is 0.228 e. The molecule has 0 atom stereocenters. The van der Waals surface area contributed by atoms with Gasteiger partial charge in [-0.15, -0.1) is 0 Å². The summed E-state index contributed by atoms with van der Waals surface area (Å²) in [7, 11) is 0. The number of benzene rings is 1. The zero-order valence-corrected chi connectivity index (χ0v) is 13.4. The Labute approximate surface area is 145 Å². The number of hydrogen-bond acceptors (Lipinski definition) is 4. The highest BCUT2D eigenvalue weighted by molar-refractivity contribution is 5.92. The number of anilines is 2. The van der Waals surface area contributed by atoms with E-state index >= 15 is 0 Å². The second kappa shape index (κ2) is 8.01. The Morgan fingerprint density at radius 1 is 1.04 bits per heavy atom. The van der Waals surface area contributed by atoms with Crippen molar-refractivity contribution in [3.05, 3.63) is 84.1 Å². The average Bonchev–Trinajstić information content (AvgIpc) is 2.62. The fourth-order valence-electron chi connectivity index (χ4n) is 2.29. The van der Waals surface area contributed by atoms with Crippen molar-refractivity contribution in [1.29, 1.82) is 0 Å². The molecular weight excluding hydrogens is 319 g/mol. The largest absolute Gasteiger partial charge is 0.364 e. The molecule has 0 spiro atoms. The molecule has 25 heavy (non-hydrogen) atoms. The lowest BCUT2D eigenvalue weighted by atomic mass is 10.1. The van der Waals surface area contributed by atoms with Crippen molar-refractivity contribution in [2.45, 2.75) is 13.0 Å². The Morgan fingerprint density at radius 3 is 2.68 bits per heavy atom. The summed E-state index contributed by atoms with van der Waals surface area (Å²) >= 11 is 0. The van der Waals surface area contributed by atoms with E-state index in [0.29, 0.717) is 23.6 Å². The summed E-state index contributed by atoms with van der Waals surface area (Å²) in [5.74, 6) is 0.116. The van der Waals surface area contributed by atoms with Gasteiger partial charge in [0, 0.05) is 6.20 Å². The van der Waals surface area contributed by atoms with E-state index in [9.17, 15) is 9.18 Å². The van der Waals surface area contributed by atoms with Gasteiger partial charge < -0.3 is 10.6 Å². The summed E-state index contributed by atoms with van der Waals surface area (Å²) < 4.78 is 13.1. The molecule has 1 aromatic carbocycles. The predicted molar refractivity (Wildman–Crippen MR) is 94.5 cm³/mol. The minimum atomic E-state index is -0.352. The Kier molecular flexibility index (Phi) is 5.31. The number of halogens is 1. The number of rotatable bonds is 6. The maximum Gasteiger partial charge on any atom is 0.228 e. The summed E-state index contributed by atoms with van der Waals surface area (Å²) in [4.78, 5) is 20.5. The number of carbonyl (C=O) groups excluding carboxylic acids is 1. The average molecular weight is 336 g/mol. The van der Waals surface area contributed by atoms with Crippen LogP contribution in [0.25, 0.3) is 0 Å². The number of amides is 1. The highest BCUT2D eigenvalue weighted by atomic mass is 19.1. The number of aromatic nitrogens is 2. The standard InChI is InChI=1S/C19H17FN4O/c20-15-5-3-4-14(10-15)11-19(25)24-17-7-8-18(23-13-17)22-12-16-6-1-2-9-21-16/h1-10,13H,11-12H2,(H,22,23)(H,24,25). The summed E-state index contributed by atoms with van der Waals surface area (Å²) in [6.07, 6.45) is 3.42. The van der Waals surface area contributed by atoms with E-state index < -0.39 is 0 Å².